The summed E-state index contributed by atoms with van der Waals surface area (Å²) >= 11 is 0. The van der Waals surface area contributed by atoms with Gasteiger partial charge in [0.1, 0.15) is 17.3 Å². The van der Waals surface area contributed by atoms with Gasteiger partial charge in [-0.2, -0.15) is 5.10 Å². The first-order valence-electron chi connectivity index (χ1n) is 8.85. The third-order valence-electron chi connectivity index (χ3n) is 4.77. The van der Waals surface area contributed by atoms with Gasteiger partial charge in [-0.3, -0.25) is 4.79 Å². The summed E-state index contributed by atoms with van der Waals surface area (Å²) in [6, 6.07) is 4.77. The van der Waals surface area contributed by atoms with E-state index in [0.717, 1.165) is 30.2 Å². The molecule has 6 nitrogen and oxygen atoms in total. The Morgan fingerprint density at radius 1 is 1.37 bits per heavy atom. The van der Waals surface area contributed by atoms with E-state index in [1.807, 2.05) is 6.92 Å². The summed E-state index contributed by atoms with van der Waals surface area (Å²) < 4.78 is 33.9. The van der Waals surface area contributed by atoms with Crippen molar-refractivity contribution in [3.05, 3.63) is 64.8 Å². The molecule has 1 aliphatic rings. The molecule has 0 radical (unpaired) electrons. The van der Waals surface area contributed by atoms with Gasteiger partial charge >= 0.3 is 0 Å². The number of nitrogens with zero attached hydrogens (tertiary/aromatic N) is 3. The molecule has 8 heteroatoms. The van der Waals surface area contributed by atoms with Crippen molar-refractivity contribution in [2.75, 3.05) is 0 Å². The summed E-state index contributed by atoms with van der Waals surface area (Å²) in [5.41, 5.74) is 2.06. The second-order valence-electron chi connectivity index (χ2n) is 6.50. The van der Waals surface area contributed by atoms with Crippen LogP contribution < -0.4 is 5.32 Å². The Labute approximate surface area is 154 Å². The Balaban J connectivity index is 1.61. The van der Waals surface area contributed by atoms with E-state index >= 15 is 0 Å². The lowest BCUT2D eigenvalue weighted by Crippen LogP contribution is -2.31. The molecule has 27 heavy (non-hydrogen) atoms. The highest BCUT2D eigenvalue weighted by molar-refractivity contribution is 5.92. The number of carbonyl (C=O) groups is 1. The van der Waals surface area contributed by atoms with Crippen LogP contribution in [0, 0.1) is 11.6 Å². The standard InChI is InChI=1S/C19H18F2N4O2/c1-2-12-9-16(24-27-12)19(26)23-15-4-3-5-17-13(15)10-22-25(17)18-7-6-11(20)8-14(18)21/h6-10,15H,2-5H2,1H3,(H,23,26)/t15-/m0/s1. The molecule has 4 rings (SSSR count). The van der Waals surface area contributed by atoms with Crippen LogP contribution in [-0.2, 0) is 12.8 Å². The van der Waals surface area contributed by atoms with Gasteiger partial charge in [-0.25, -0.2) is 13.5 Å². The fourth-order valence-electron chi connectivity index (χ4n) is 3.39. The van der Waals surface area contributed by atoms with Gasteiger partial charge in [0.05, 0.1) is 12.2 Å². The van der Waals surface area contributed by atoms with Crippen LogP contribution in [0.15, 0.2) is 35.0 Å². The molecule has 1 N–H and O–H groups in total. The Morgan fingerprint density at radius 2 is 2.22 bits per heavy atom. The Hall–Kier alpha value is -3.03. The number of halogens is 2. The lowest BCUT2D eigenvalue weighted by Gasteiger charge is -2.24. The molecular weight excluding hydrogens is 354 g/mol. The fourth-order valence-corrected chi connectivity index (χ4v) is 3.39. The van der Waals surface area contributed by atoms with E-state index in [2.05, 4.69) is 15.6 Å². The number of amides is 1. The summed E-state index contributed by atoms with van der Waals surface area (Å²) in [6.45, 7) is 1.92. The second kappa shape index (κ2) is 6.94. The Bertz CT molecular complexity index is 996. The summed E-state index contributed by atoms with van der Waals surface area (Å²) in [6.07, 6.45) is 4.54. The first-order valence-corrected chi connectivity index (χ1v) is 8.85. The van der Waals surface area contributed by atoms with Crippen LogP contribution in [0.25, 0.3) is 5.69 Å². The van der Waals surface area contributed by atoms with E-state index < -0.39 is 11.6 Å². The fraction of sp³-hybridized carbons (Fsp3) is 0.316. The van der Waals surface area contributed by atoms with Crippen molar-refractivity contribution in [1.82, 2.24) is 20.3 Å². The molecule has 1 atom stereocenters. The maximum atomic E-state index is 14.2. The van der Waals surface area contributed by atoms with Crippen molar-refractivity contribution in [1.29, 1.82) is 0 Å². The van der Waals surface area contributed by atoms with Gasteiger partial charge in [0.25, 0.3) is 5.91 Å². The number of benzene rings is 1. The molecule has 0 aliphatic heterocycles. The third kappa shape index (κ3) is 3.22. The van der Waals surface area contributed by atoms with Gasteiger partial charge in [-0.15, -0.1) is 0 Å². The topological polar surface area (TPSA) is 73.0 Å². The summed E-state index contributed by atoms with van der Waals surface area (Å²) in [5.74, 6) is -0.996. The number of fused-ring (bicyclic) bond motifs is 1. The number of aryl methyl sites for hydroxylation is 1. The molecule has 2 heterocycles. The highest BCUT2D eigenvalue weighted by Crippen LogP contribution is 2.32. The van der Waals surface area contributed by atoms with Crippen molar-refractivity contribution in [2.24, 2.45) is 0 Å². The molecule has 1 aromatic carbocycles. The smallest absolute Gasteiger partial charge is 0.273 e. The molecule has 2 aromatic heterocycles. The van der Waals surface area contributed by atoms with E-state index in [-0.39, 0.29) is 23.3 Å². The number of rotatable bonds is 4. The van der Waals surface area contributed by atoms with Crippen molar-refractivity contribution in [3.63, 3.8) is 0 Å². The van der Waals surface area contributed by atoms with Crippen molar-refractivity contribution < 1.29 is 18.1 Å². The zero-order chi connectivity index (χ0) is 19.0. The monoisotopic (exact) mass is 372 g/mol. The average Bonchev–Trinajstić information content (AvgIpc) is 3.29. The van der Waals surface area contributed by atoms with Crippen molar-refractivity contribution in [2.45, 2.75) is 38.6 Å². The zero-order valence-corrected chi connectivity index (χ0v) is 14.7. The number of aromatic nitrogens is 3. The molecule has 0 fully saturated rings. The highest BCUT2D eigenvalue weighted by atomic mass is 19.1. The predicted octanol–water partition coefficient (Wildman–Crippen LogP) is 3.51. The van der Waals surface area contributed by atoms with Gasteiger partial charge < -0.3 is 9.84 Å². The van der Waals surface area contributed by atoms with Gasteiger partial charge in [0.2, 0.25) is 0 Å². The Kier molecular flexibility index (Phi) is 4.47. The molecule has 0 saturated heterocycles. The molecule has 3 aromatic rings. The van der Waals surface area contributed by atoms with Crippen LogP contribution in [0.2, 0.25) is 0 Å². The predicted molar refractivity (Wildman–Crippen MR) is 92.5 cm³/mol. The first kappa shape index (κ1) is 17.4. The van der Waals surface area contributed by atoms with E-state index in [1.54, 1.807) is 12.3 Å². The number of nitrogens with one attached hydrogen (secondary N) is 1. The van der Waals surface area contributed by atoms with E-state index in [0.29, 0.717) is 18.6 Å². The maximum absolute atomic E-state index is 14.2. The highest BCUT2D eigenvalue weighted by Gasteiger charge is 2.27. The minimum absolute atomic E-state index is 0.189. The Morgan fingerprint density at radius 3 is 2.96 bits per heavy atom. The maximum Gasteiger partial charge on any atom is 0.273 e. The minimum Gasteiger partial charge on any atom is -0.361 e. The molecule has 1 aliphatic carbocycles. The number of carbonyl (C=O) groups excluding carboxylic acids is 1. The van der Waals surface area contributed by atoms with Gasteiger partial charge in [-0.05, 0) is 31.4 Å². The summed E-state index contributed by atoms with van der Waals surface area (Å²) in [7, 11) is 0. The van der Waals surface area contributed by atoms with Crippen LogP contribution in [0.5, 0.6) is 0 Å². The first-order chi connectivity index (χ1) is 13.1. The molecule has 0 spiro atoms. The van der Waals surface area contributed by atoms with Crippen LogP contribution >= 0.6 is 0 Å². The average molecular weight is 372 g/mol. The van der Waals surface area contributed by atoms with Crippen molar-refractivity contribution in [3.8, 4) is 5.69 Å². The molecule has 140 valence electrons. The van der Waals surface area contributed by atoms with Crippen LogP contribution in [0.1, 0.15) is 53.3 Å². The minimum atomic E-state index is -0.679. The third-order valence-corrected chi connectivity index (χ3v) is 4.77. The van der Waals surface area contributed by atoms with Gasteiger partial charge in [0.15, 0.2) is 11.5 Å². The molecule has 1 amide bonds. The van der Waals surface area contributed by atoms with E-state index in [1.165, 1.54) is 16.8 Å². The quantitative estimate of drug-likeness (QED) is 0.761. The largest absolute Gasteiger partial charge is 0.361 e. The van der Waals surface area contributed by atoms with Crippen LogP contribution in [0.3, 0.4) is 0 Å². The molecule has 0 unspecified atom stereocenters. The lowest BCUT2D eigenvalue weighted by atomic mass is 9.92. The van der Waals surface area contributed by atoms with Gasteiger partial charge in [-0.1, -0.05) is 12.1 Å². The van der Waals surface area contributed by atoms with E-state index in [4.69, 9.17) is 4.52 Å². The van der Waals surface area contributed by atoms with Gasteiger partial charge in [0, 0.05) is 29.8 Å². The van der Waals surface area contributed by atoms with Crippen molar-refractivity contribution >= 4 is 5.91 Å². The van der Waals surface area contributed by atoms with Crippen LogP contribution in [0.4, 0.5) is 8.78 Å². The second-order valence-corrected chi connectivity index (χ2v) is 6.50. The molecular formula is C19H18F2N4O2. The normalized spacial score (nSPS) is 16.2. The molecule has 0 bridgehead atoms. The number of hydrogen-bond acceptors (Lipinski definition) is 4. The summed E-state index contributed by atoms with van der Waals surface area (Å²) in [4.78, 5) is 12.5. The summed E-state index contributed by atoms with van der Waals surface area (Å²) in [5, 5.41) is 11.0. The SMILES string of the molecule is CCc1cc(C(=O)N[C@H]2CCCc3c2cnn3-c2ccc(F)cc2F)no1. The molecule has 0 saturated carbocycles. The van der Waals surface area contributed by atoms with E-state index in [9.17, 15) is 13.6 Å². The van der Waals surface area contributed by atoms with Crippen LogP contribution in [-0.4, -0.2) is 20.8 Å². The lowest BCUT2D eigenvalue weighted by molar-refractivity contribution is 0.0923. The zero-order valence-electron chi connectivity index (χ0n) is 14.7. The number of hydrogen-bond donors (Lipinski definition) is 1.